The predicted octanol–water partition coefficient (Wildman–Crippen LogP) is 4.55. The van der Waals surface area contributed by atoms with Crippen molar-refractivity contribution in [2.45, 2.75) is 12.5 Å². The van der Waals surface area contributed by atoms with Crippen molar-refractivity contribution in [2.24, 2.45) is 0 Å². The summed E-state index contributed by atoms with van der Waals surface area (Å²) in [4.78, 5) is 31.1. The fraction of sp³-hybridized carbons (Fsp3) is 0.143. The number of ketones is 1. The molecule has 1 amide bonds. The fourth-order valence-corrected chi connectivity index (χ4v) is 4.60. The minimum Gasteiger partial charge on any atom is -0.508 e. The van der Waals surface area contributed by atoms with Crippen LogP contribution < -0.4 is 4.74 Å². The minimum absolute atomic E-state index is 0.0183. The zero-order valence-electron chi connectivity index (χ0n) is 19.1. The van der Waals surface area contributed by atoms with Crippen molar-refractivity contribution in [3.8, 4) is 11.5 Å². The molecular formula is C28H24N2O5. The van der Waals surface area contributed by atoms with Gasteiger partial charge in [0.1, 0.15) is 17.3 Å². The highest BCUT2D eigenvalue weighted by Gasteiger charge is 2.45. The summed E-state index contributed by atoms with van der Waals surface area (Å²) in [5.41, 5.74) is 3.08. The van der Waals surface area contributed by atoms with Gasteiger partial charge >= 0.3 is 0 Å². The summed E-state index contributed by atoms with van der Waals surface area (Å²) >= 11 is 0. The summed E-state index contributed by atoms with van der Waals surface area (Å²) in [7, 11) is 1.54. The number of methoxy groups -OCH3 is 1. The van der Waals surface area contributed by atoms with Gasteiger partial charge in [0.2, 0.25) is 0 Å². The van der Waals surface area contributed by atoms with Crippen LogP contribution in [0.1, 0.15) is 22.7 Å². The number of benzene rings is 3. The van der Waals surface area contributed by atoms with Crippen molar-refractivity contribution in [2.75, 3.05) is 13.7 Å². The van der Waals surface area contributed by atoms with Crippen LogP contribution in [-0.4, -0.2) is 45.4 Å². The molecule has 7 heteroatoms. The number of rotatable bonds is 6. The van der Waals surface area contributed by atoms with Gasteiger partial charge in [0.05, 0.1) is 18.7 Å². The van der Waals surface area contributed by atoms with E-state index in [1.807, 2.05) is 30.5 Å². The number of likely N-dealkylation sites (tertiary alicyclic amines) is 1. The van der Waals surface area contributed by atoms with Crippen LogP contribution in [0.3, 0.4) is 0 Å². The number of ether oxygens (including phenoxy) is 1. The number of hydrogen-bond acceptors (Lipinski definition) is 5. The molecule has 1 fully saturated rings. The second-order valence-electron chi connectivity index (χ2n) is 8.42. The van der Waals surface area contributed by atoms with E-state index < -0.39 is 17.7 Å². The largest absolute Gasteiger partial charge is 0.508 e. The zero-order valence-corrected chi connectivity index (χ0v) is 19.1. The lowest BCUT2D eigenvalue weighted by Crippen LogP contribution is -2.31. The third-order valence-electron chi connectivity index (χ3n) is 6.41. The number of H-pyrrole nitrogens is 1. The molecule has 1 atom stereocenters. The Kier molecular flexibility index (Phi) is 5.74. The lowest BCUT2D eigenvalue weighted by Gasteiger charge is -2.25. The number of nitrogens with zero attached hydrogens (tertiary/aromatic N) is 1. The molecule has 5 rings (SSSR count). The average Bonchev–Trinajstić information content (AvgIpc) is 3.41. The van der Waals surface area contributed by atoms with Crippen molar-refractivity contribution in [3.63, 3.8) is 0 Å². The first kappa shape index (κ1) is 22.3. The number of para-hydroxylation sites is 1. The van der Waals surface area contributed by atoms with Gasteiger partial charge in [-0.3, -0.25) is 9.59 Å². The average molecular weight is 469 g/mol. The highest BCUT2D eigenvalue weighted by Crippen LogP contribution is 2.40. The number of carbonyl (C=O) groups excluding carboxylic acids is 2. The van der Waals surface area contributed by atoms with Crippen molar-refractivity contribution in [1.29, 1.82) is 0 Å². The Labute approximate surface area is 201 Å². The number of Topliss-reactive ketones (excluding diaryl/α,β-unsaturated/α-hetero) is 1. The number of aliphatic hydroxyl groups excluding tert-OH is 1. The molecular weight excluding hydrogens is 444 g/mol. The van der Waals surface area contributed by atoms with Crippen LogP contribution in [0, 0.1) is 0 Å². The quantitative estimate of drug-likeness (QED) is 0.219. The lowest BCUT2D eigenvalue weighted by molar-refractivity contribution is -0.139. The summed E-state index contributed by atoms with van der Waals surface area (Å²) in [6.07, 6.45) is 2.43. The number of phenolic OH excluding ortho intramolecular Hbond substituents is 1. The monoisotopic (exact) mass is 468 g/mol. The van der Waals surface area contributed by atoms with E-state index in [0.717, 1.165) is 16.5 Å². The van der Waals surface area contributed by atoms with Crippen LogP contribution in [0.4, 0.5) is 0 Å². The SMILES string of the molecule is COc1ccc(C(O)=C2C(=O)C(=O)N(CCc3c[nH]c4ccccc34)[C@@H]2c2ccc(O)cc2)cc1. The van der Waals surface area contributed by atoms with Gasteiger partial charge in [-0.05, 0) is 60.0 Å². The number of aromatic hydroxyl groups is 1. The Bertz CT molecular complexity index is 1430. The molecule has 3 N–H and O–H groups in total. The standard InChI is InChI=1S/C28H24N2O5/c1-35-21-12-8-18(9-13-21)26(32)24-25(17-6-10-20(31)11-7-17)30(28(34)27(24)33)15-14-19-16-29-23-5-3-2-4-22(19)23/h2-13,16,25,29,31-32H,14-15H2,1H3/t25-/m1/s1. The molecule has 0 radical (unpaired) electrons. The van der Waals surface area contributed by atoms with Crippen LogP contribution in [-0.2, 0) is 16.0 Å². The fourth-order valence-electron chi connectivity index (χ4n) is 4.60. The van der Waals surface area contributed by atoms with E-state index in [0.29, 0.717) is 23.3 Å². The van der Waals surface area contributed by atoms with Crippen molar-refractivity contribution in [3.05, 3.63) is 101 Å². The maximum Gasteiger partial charge on any atom is 0.295 e. The predicted molar refractivity (Wildman–Crippen MR) is 132 cm³/mol. The second kappa shape index (κ2) is 9.02. The molecule has 1 saturated heterocycles. The molecule has 4 aromatic rings. The number of phenols is 1. The van der Waals surface area contributed by atoms with Crippen LogP contribution in [0.5, 0.6) is 11.5 Å². The number of carbonyl (C=O) groups is 2. The summed E-state index contributed by atoms with van der Waals surface area (Å²) in [5.74, 6) is -0.984. The first-order valence-electron chi connectivity index (χ1n) is 11.2. The maximum absolute atomic E-state index is 13.2. The molecule has 1 aliphatic heterocycles. The van der Waals surface area contributed by atoms with Crippen LogP contribution in [0.15, 0.2) is 84.6 Å². The van der Waals surface area contributed by atoms with Crippen molar-refractivity contribution >= 4 is 28.4 Å². The third-order valence-corrected chi connectivity index (χ3v) is 6.41. The van der Waals surface area contributed by atoms with E-state index in [4.69, 9.17) is 4.74 Å². The molecule has 2 heterocycles. The molecule has 1 aliphatic rings. The van der Waals surface area contributed by atoms with Gasteiger partial charge < -0.3 is 24.8 Å². The molecule has 35 heavy (non-hydrogen) atoms. The van der Waals surface area contributed by atoms with Gasteiger partial charge in [-0.2, -0.15) is 0 Å². The van der Waals surface area contributed by atoms with Crippen LogP contribution in [0.2, 0.25) is 0 Å². The van der Waals surface area contributed by atoms with Crippen molar-refractivity contribution in [1.82, 2.24) is 9.88 Å². The Morgan fingerprint density at radius 3 is 2.43 bits per heavy atom. The normalized spacial score (nSPS) is 17.3. The number of aromatic nitrogens is 1. The van der Waals surface area contributed by atoms with E-state index >= 15 is 0 Å². The Balaban J connectivity index is 1.55. The number of nitrogens with one attached hydrogen (secondary N) is 1. The molecule has 176 valence electrons. The number of aromatic amines is 1. The molecule has 0 spiro atoms. The topological polar surface area (TPSA) is 103 Å². The first-order chi connectivity index (χ1) is 17.0. The van der Waals surface area contributed by atoms with Gasteiger partial charge in [-0.1, -0.05) is 30.3 Å². The Hall–Kier alpha value is -4.52. The molecule has 7 nitrogen and oxygen atoms in total. The van der Waals surface area contributed by atoms with E-state index in [1.54, 1.807) is 43.5 Å². The molecule has 0 bridgehead atoms. The number of amides is 1. The van der Waals surface area contributed by atoms with Gasteiger partial charge in [0.25, 0.3) is 11.7 Å². The minimum atomic E-state index is -0.789. The number of hydrogen-bond donors (Lipinski definition) is 3. The lowest BCUT2D eigenvalue weighted by atomic mass is 9.95. The van der Waals surface area contributed by atoms with E-state index in [-0.39, 0.29) is 23.6 Å². The molecule has 0 aliphatic carbocycles. The summed E-state index contributed by atoms with van der Waals surface area (Å²) in [5, 5.41) is 22.0. The molecule has 3 aromatic carbocycles. The van der Waals surface area contributed by atoms with Crippen LogP contribution in [0.25, 0.3) is 16.7 Å². The number of fused-ring (bicyclic) bond motifs is 1. The van der Waals surface area contributed by atoms with Gasteiger partial charge in [0, 0.05) is 29.2 Å². The van der Waals surface area contributed by atoms with E-state index in [2.05, 4.69) is 4.98 Å². The summed E-state index contributed by atoms with van der Waals surface area (Å²) < 4.78 is 5.18. The number of aliphatic hydroxyl groups is 1. The van der Waals surface area contributed by atoms with Gasteiger partial charge in [-0.25, -0.2) is 0 Å². The molecule has 0 unspecified atom stereocenters. The maximum atomic E-state index is 13.2. The van der Waals surface area contributed by atoms with Crippen LogP contribution >= 0.6 is 0 Å². The summed E-state index contributed by atoms with van der Waals surface area (Å²) in [6.45, 7) is 0.275. The Morgan fingerprint density at radius 2 is 1.71 bits per heavy atom. The second-order valence-corrected chi connectivity index (χ2v) is 8.42. The summed E-state index contributed by atoms with van der Waals surface area (Å²) in [6, 6.07) is 20.1. The van der Waals surface area contributed by atoms with Gasteiger partial charge in [0.15, 0.2) is 0 Å². The highest BCUT2D eigenvalue weighted by atomic mass is 16.5. The smallest absolute Gasteiger partial charge is 0.295 e. The molecule has 1 aromatic heterocycles. The van der Waals surface area contributed by atoms with Gasteiger partial charge in [-0.15, -0.1) is 0 Å². The van der Waals surface area contributed by atoms with Crippen molar-refractivity contribution < 1.29 is 24.5 Å². The Morgan fingerprint density at radius 1 is 1.00 bits per heavy atom. The molecule has 0 saturated carbocycles. The van der Waals surface area contributed by atoms with E-state index in [1.165, 1.54) is 17.0 Å². The zero-order chi connectivity index (χ0) is 24.5. The highest BCUT2D eigenvalue weighted by molar-refractivity contribution is 6.46. The third kappa shape index (κ3) is 4.01. The first-order valence-corrected chi connectivity index (χ1v) is 11.2. The van der Waals surface area contributed by atoms with E-state index in [9.17, 15) is 19.8 Å².